The van der Waals surface area contributed by atoms with Gasteiger partial charge >= 0.3 is 5.97 Å². The van der Waals surface area contributed by atoms with Crippen LogP contribution in [0.2, 0.25) is 5.02 Å². The van der Waals surface area contributed by atoms with Crippen molar-refractivity contribution in [3.05, 3.63) is 58.1 Å². The van der Waals surface area contributed by atoms with Gasteiger partial charge in [-0.3, -0.25) is 9.59 Å². The number of hydrogen-bond donors (Lipinski definition) is 2. The van der Waals surface area contributed by atoms with E-state index in [1.165, 1.54) is 6.20 Å². The summed E-state index contributed by atoms with van der Waals surface area (Å²) in [6.45, 7) is 5.68. The van der Waals surface area contributed by atoms with Crippen LogP contribution in [0, 0.1) is 6.92 Å². The summed E-state index contributed by atoms with van der Waals surface area (Å²) in [4.78, 5) is 32.2. The summed E-state index contributed by atoms with van der Waals surface area (Å²) in [6, 6.07) is 6.64. The average Bonchev–Trinajstić information content (AvgIpc) is 2.54. The Hall–Kier alpha value is -2.47. The van der Waals surface area contributed by atoms with E-state index in [9.17, 15) is 14.7 Å². The van der Waals surface area contributed by atoms with Crippen LogP contribution in [0.3, 0.4) is 0 Å². The number of hydrogen-bond acceptors (Lipinski definition) is 4. The number of aliphatic carboxylic acids is 1. The molecule has 0 spiro atoms. The molecule has 7 heteroatoms. The lowest BCUT2D eigenvalue weighted by Crippen LogP contribution is -2.31. The first-order valence-corrected chi connectivity index (χ1v) is 8.28. The molecular weight excluding hydrogens is 342 g/mol. The molecule has 0 radical (unpaired) electrons. The standard InChI is InChI=1S/C18H20ClN3O3/c1-10(2)17-20-9-13(19)16(22-17)18(25)21-14(8-15(23)24)12-7-5-4-6-11(12)3/h4-7,9-10,14H,8H2,1-3H3,(H,21,25)(H,23,24). The third-order valence-electron chi connectivity index (χ3n) is 3.74. The van der Waals surface area contributed by atoms with E-state index in [1.54, 1.807) is 12.1 Å². The van der Waals surface area contributed by atoms with Crippen molar-refractivity contribution >= 4 is 23.5 Å². The number of rotatable bonds is 6. The molecule has 0 aliphatic heterocycles. The molecule has 2 N–H and O–H groups in total. The van der Waals surface area contributed by atoms with Gasteiger partial charge in [-0.05, 0) is 18.1 Å². The Balaban J connectivity index is 2.33. The van der Waals surface area contributed by atoms with Crippen molar-refractivity contribution in [1.82, 2.24) is 15.3 Å². The molecular formula is C18H20ClN3O3. The Morgan fingerprint density at radius 1 is 1.28 bits per heavy atom. The lowest BCUT2D eigenvalue weighted by atomic mass is 9.98. The molecule has 25 heavy (non-hydrogen) atoms. The zero-order valence-corrected chi connectivity index (χ0v) is 15.0. The second kappa shape index (κ2) is 8.07. The average molecular weight is 362 g/mol. The van der Waals surface area contributed by atoms with Crippen molar-refractivity contribution in [2.24, 2.45) is 0 Å². The Labute approximate surface area is 151 Å². The van der Waals surface area contributed by atoms with Gasteiger partial charge in [0.05, 0.1) is 23.7 Å². The summed E-state index contributed by atoms with van der Waals surface area (Å²) in [7, 11) is 0. The number of halogens is 1. The molecule has 2 rings (SSSR count). The van der Waals surface area contributed by atoms with Crippen LogP contribution in [0.1, 0.15) is 59.7 Å². The van der Waals surface area contributed by atoms with Crippen molar-refractivity contribution in [3.63, 3.8) is 0 Å². The molecule has 1 unspecified atom stereocenters. The van der Waals surface area contributed by atoms with Gasteiger partial charge in [-0.25, -0.2) is 9.97 Å². The molecule has 0 saturated heterocycles. The summed E-state index contributed by atoms with van der Waals surface area (Å²) >= 11 is 6.06. The zero-order valence-electron chi connectivity index (χ0n) is 14.3. The zero-order chi connectivity index (χ0) is 18.6. The van der Waals surface area contributed by atoms with Crippen LogP contribution in [-0.2, 0) is 4.79 Å². The number of nitrogens with zero attached hydrogens (tertiary/aromatic N) is 2. The number of carbonyl (C=O) groups is 2. The molecule has 2 aromatic rings. The SMILES string of the molecule is Cc1ccccc1C(CC(=O)O)NC(=O)c1nc(C(C)C)ncc1Cl. The highest BCUT2D eigenvalue weighted by Crippen LogP contribution is 2.23. The highest BCUT2D eigenvalue weighted by Gasteiger charge is 2.23. The fourth-order valence-electron chi connectivity index (χ4n) is 2.44. The quantitative estimate of drug-likeness (QED) is 0.821. The van der Waals surface area contributed by atoms with E-state index in [1.807, 2.05) is 32.9 Å². The number of carbonyl (C=O) groups excluding carboxylic acids is 1. The molecule has 6 nitrogen and oxygen atoms in total. The lowest BCUT2D eigenvalue weighted by Gasteiger charge is -2.19. The number of amides is 1. The molecule has 1 aromatic heterocycles. The fraction of sp³-hybridized carbons (Fsp3) is 0.333. The van der Waals surface area contributed by atoms with E-state index in [0.717, 1.165) is 11.1 Å². The van der Waals surface area contributed by atoms with E-state index in [-0.39, 0.29) is 23.1 Å². The Kier molecular flexibility index (Phi) is 6.09. The first-order chi connectivity index (χ1) is 11.8. The van der Waals surface area contributed by atoms with Gasteiger partial charge in [-0.1, -0.05) is 49.7 Å². The van der Waals surface area contributed by atoms with Crippen LogP contribution in [0.25, 0.3) is 0 Å². The molecule has 1 amide bonds. The minimum Gasteiger partial charge on any atom is -0.481 e. The second-order valence-corrected chi connectivity index (χ2v) is 6.47. The topological polar surface area (TPSA) is 92.2 Å². The molecule has 1 heterocycles. The van der Waals surface area contributed by atoms with Gasteiger partial charge in [0, 0.05) is 5.92 Å². The number of carboxylic acids is 1. The second-order valence-electron chi connectivity index (χ2n) is 6.06. The summed E-state index contributed by atoms with van der Waals surface area (Å²) < 4.78 is 0. The molecule has 0 aliphatic carbocycles. The molecule has 1 aromatic carbocycles. The van der Waals surface area contributed by atoms with E-state index in [0.29, 0.717) is 5.82 Å². The number of aryl methyl sites for hydroxylation is 1. The van der Waals surface area contributed by atoms with Crippen LogP contribution in [0.4, 0.5) is 0 Å². The van der Waals surface area contributed by atoms with Crippen molar-refractivity contribution < 1.29 is 14.7 Å². The van der Waals surface area contributed by atoms with Gasteiger partial charge in [0.15, 0.2) is 0 Å². The summed E-state index contributed by atoms with van der Waals surface area (Å²) in [6.07, 6.45) is 1.15. The first kappa shape index (κ1) is 18.9. The van der Waals surface area contributed by atoms with Crippen molar-refractivity contribution in [2.45, 2.75) is 39.2 Å². The minimum absolute atomic E-state index is 0.0370. The van der Waals surface area contributed by atoms with Crippen LogP contribution < -0.4 is 5.32 Å². The molecule has 132 valence electrons. The van der Waals surface area contributed by atoms with Crippen LogP contribution in [0.15, 0.2) is 30.5 Å². The highest BCUT2D eigenvalue weighted by atomic mass is 35.5. The normalized spacial score (nSPS) is 12.0. The predicted molar refractivity (Wildman–Crippen MR) is 94.8 cm³/mol. The Morgan fingerprint density at radius 3 is 2.56 bits per heavy atom. The molecule has 1 atom stereocenters. The maximum absolute atomic E-state index is 12.6. The van der Waals surface area contributed by atoms with Gasteiger partial charge < -0.3 is 10.4 Å². The summed E-state index contributed by atoms with van der Waals surface area (Å²) in [5, 5.41) is 12.0. The lowest BCUT2D eigenvalue weighted by molar-refractivity contribution is -0.137. The fourth-order valence-corrected chi connectivity index (χ4v) is 2.61. The smallest absolute Gasteiger partial charge is 0.305 e. The largest absolute Gasteiger partial charge is 0.481 e. The molecule has 0 bridgehead atoms. The molecule has 0 fully saturated rings. The van der Waals surface area contributed by atoms with Crippen LogP contribution in [0.5, 0.6) is 0 Å². The third kappa shape index (κ3) is 4.76. The van der Waals surface area contributed by atoms with E-state index < -0.39 is 17.9 Å². The van der Waals surface area contributed by atoms with Gasteiger partial charge in [0.2, 0.25) is 0 Å². The maximum Gasteiger partial charge on any atom is 0.305 e. The van der Waals surface area contributed by atoms with E-state index in [4.69, 9.17) is 11.6 Å². The van der Waals surface area contributed by atoms with Gasteiger partial charge in [-0.2, -0.15) is 0 Å². The molecule has 0 saturated carbocycles. The van der Waals surface area contributed by atoms with Gasteiger partial charge in [0.1, 0.15) is 11.5 Å². The highest BCUT2D eigenvalue weighted by molar-refractivity contribution is 6.33. The van der Waals surface area contributed by atoms with Gasteiger partial charge in [0.25, 0.3) is 5.91 Å². The summed E-state index contributed by atoms with van der Waals surface area (Å²) in [5.74, 6) is -0.996. The number of aromatic nitrogens is 2. The number of benzene rings is 1. The van der Waals surface area contributed by atoms with Gasteiger partial charge in [-0.15, -0.1) is 0 Å². The first-order valence-electron chi connectivity index (χ1n) is 7.90. The molecule has 0 aliphatic rings. The van der Waals surface area contributed by atoms with Crippen molar-refractivity contribution in [1.29, 1.82) is 0 Å². The van der Waals surface area contributed by atoms with Crippen molar-refractivity contribution in [2.75, 3.05) is 0 Å². The van der Waals surface area contributed by atoms with Crippen LogP contribution >= 0.6 is 11.6 Å². The van der Waals surface area contributed by atoms with E-state index >= 15 is 0 Å². The monoisotopic (exact) mass is 361 g/mol. The third-order valence-corrected chi connectivity index (χ3v) is 4.02. The minimum atomic E-state index is -1.01. The maximum atomic E-state index is 12.6. The predicted octanol–water partition coefficient (Wildman–Crippen LogP) is 3.51. The Bertz CT molecular complexity index is 793. The summed E-state index contributed by atoms with van der Waals surface area (Å²) in [5.41, 5.74) is 1.68. The van der Waals surface area contributed by atoms with Crippen LogP contribution in [-0.4, -0.2) is 27.0 Å². The van der Waals surface area contributed by atoms with E-state index in [2.05, 4.69) is 15.3 Å². The Morgan fingerprint density at radius 2 is 1.96 bits per heavy atom. The number of carboxylic acid groups (broad SMARTS) is 1. The number of nitrogens with one attached hydrogen (secondary N) is 1. The van der Waals surface area contributed by atoms with Crippen molar-refractivity contribution in [3.8, 4) is 0 Å².